The number of imidazole rings is 1. The van der Waals surface area contributed by atoms with Crippen molar-refractivity contribution in [1.29, 1.82) is 5.26 Å². The maximum atomic E-state index is 8.66. The first-order chi connectivity index (χ1) is 7.81. The fourth-order valence-corrected chi connectivity index (χ4v) is 1.74. The highest BCUT2D eigenvalue weighted by Gasteiger charge is 2.06. The lowest BCUT2D eigenvalue weighted by Crippen LogP contribution is -2.02. The average Bonchev–Trinajstić information content (AvgIpc) is 2.70. The highest BCUT2D eigenvalue weighted by molar-refractivity contribution is 6.31. The Morgan fingerprint density at radius 3 is 2.94 bits per heavy atom. The molecule has 0 saturated carbocycles. The minimum atomic E-state index is 0.319. The first-order valence-corrected chi connectivity index (χ1v) is 5.29. The van der Waals surface area contributed by atoms with Gasteiger partial charge in [-0.1, -0.05) is 29.8 Å². The second-order valence-corrected chi connectivity index (χ2v) is 3.80. The molecule has 1 heterocycles. The van der Waals surface area contributed by atoms with Gasteiger partial charge in [0.15, 0.2) is 0 Å². The average molecular weight is 232 g/mol. The van der Waals surface area contributed by atoms with E-state index in [-0.39, 0.29) is 0 Å². The van der Waals surface area contributed by atoms with Crippen molar-refractivity contribution in [3.63, 3.8) is 0 Å². The number of halogens is 1. The molecule has 4 heteroatoms. The third-order valence-corrected chi connectivity index (χ3v) is 2.72. The van der Waals surface area contributed by atoms with Crippen molar-refractivity contribution in [2.75, 3.05) is 0 Å². The van der Waals surface area contributed by atoms with Gasteiger partial charge in [0.1, 0.15) is 12.4 Å². The molecule has 0 saturated heterocycles. The number of nitriles is 1. The van der Waals surface area contributed by atoms with Gasteiger partial charge >= 0.3 is 0 Å². The van der Waals surface area contributed by atoms with Gasteiger partial charge < -0.3 is 4.57 Å². The summed E-state index contributed by atoms with van der Waals surface area (Å²) in [5, 5.41) is 9.39. The Bertz CT molecular complexity index is 525. The lowest BCUT2D eigenvalue weighted by atomic mass is 10.1. The van der Waals surface area contributed by atoms with Crippen LogP contribution in [0.4, 0.5) is 0 Å². The Hall–Kier alpha value is -1.79. The molecular formula is C12H10ClN3. The highest BCUT2D eigenvalue weighted by Crippen LogP contribution is 2.18. The van der Waals surface area contributed by atoms with E-state index in [4.69, 9.17) is 16.9 Å². The van der Waals surface area contributed by atoms with Crippen molar-refractivity contribution < 1.29 is 0 Å². The molecule has 2 rings (SSSR count). The van der Waals surface area contributed by atoms with Crippen LogP contribution < -0.4 is 0 Å². The van der Waals surface area contributed by atoms with Crippen LogP contribution in [0.1, 0.15) is 11.4 Å². The van der Waals surface area contributed by atoms with Gasteiger partial charge in [-0.3, -0.25) is 0 Å². The van der Waals surface area contributed by atoms with Crippen molar-refractivity contribution in [3.05, 3.63) is 53.1 Å². The van der Waals surface area contributed by atoms with Crippen LogP contribution in [-0.4, -0.2) is 9.55 Å². The molecule has 0 fully saturated rings. The summed E-state index contributed by atoms with van der Waals surface area (Å²) in [5.74, 6) is 0.856. The number of rotatable bonds is 3. The lowest BCUT2D eigenvalue weighted by molar-refractivity contribution is 0.765. The number of nitrogens with zero attached hydrogens (tertiary/aromatic N) is 3. The second-order valence-electron chi connectivity index (χ2n) is 3.40. The van der Waals surface area contributed by atoms with E-state index >= 15 is 0 Å². The number of hydrogen-bond acceptors (Lipinski definition) is 2. The predicted octanol–water partition coefficient (Wildman–Crippen LogP) is 2.65. The van der Waals surface area contributed by atoms with Crippen molar-refractivity contribution in [2.45, 2.75) is 13.0 Å². The van der Waals surface area contributed by atoms with Crippen molar-refractivity contribution in [1.82, 2.24) is 9.55 Å². The number of hydrogen-bond donors (Lipinski definition) is 0. The molecule has 0 radical (unpaired) electrons. The van der Waals surface area contributed by atoms with Crippen LogP contribution in [0.25, 0.3) is 0 Å². The molecular weight excluding hydrogens is 222 g/mol. The van der Waals surface area contributed by atoms with E-state index in [2.05, 4.69) is 11.1 Å². The predicted molar refractivity (Wildman–Crippen MR) is 62.1 cm³/mol. The fourth-order valence-electron chi connectivity index (χ4n) is 1.54. The van der Waals surface area contributed by atoms with Crippen molar-refractivity contribution in [2.24, 2.45) is 0 Å². The standard InChI is InChI=1S/C12H10ClN3/c13-11-4-2-1-3-10(11)9-12-15-6-8-16(12)7-5-14/h1-4,6,8H,7,9H2. The quantitative estimate of drug-likeness (QED) is 0.815. The van der Waals surface area contributed by atoms with Gasteiger partial charge in [-0.05, 0) is 11.6 Å². The molecule has 0 aliphatic carbocycles. The maximum Gasteiger partial charge on any atom is 0.114 e. The van der Waals surface area contributed by atoms with Crippen LogP contribution in [0.5, 0.6) is 0 Å². The summed E-state index contributed by atoms with van der Waals surface area (Å²) in [6.07, 6.45) is 4.15. The summed E-state index contributed by atoms with van der Waals surface area (Å²) in [5.41, 5.74) is 1.02. The minimum Gasteiger partial charge on any atom is -0.321 e. The van der Waals surface area contributed by atoms with Gasteiger partial charge in [0, 0.05) is 23.8 Å². The van der Waals surface area contributed by atoms with Crippen molar-refractivity contribution >= 4 is 11.6 Å². The van der Waals surface area contributed by atoms with E-state index in [1.54, 1.807) is 12.4 Å². The molecule has 0 aliphatic rings. The van der Waals surface area contributed by atoms with Gasteiger partial charge in [-0.15, -0.1) is 0 Å². The van der Waals surface area contributed by atoms with Crippen LogP contribution >= 0.6 is 11.6 Å². The van der Waals surface area contributed by atoms with Crippen LogP contribution in [0.2, 0.25) is 5.02 Å². The monoisotopic (exact) mass is 231 g/mol. The zero-order valence-corrected chi connectivity index (χ0v) is 9.35. The van der Waals surface area contributed by atoms with Crippen molar-refractivity contribution in [3.8, 4) is 6.07 Å². The van der Waals surface area contributed by atoms with E-state index < -0.39 is 0 Å². The van der Waals surface area contributed by atoms with Gasteiger partial charge in [0.25, 0.3) is 0 Å². The van der Waals surface area contributed by atoms with Crippen LogP contribution in [0.15, 0.2) is 36.7 Å². The minimum absolute atomic E-state index is 0.319. The first-order valence-electron chi connectivity index (χ1n) is 4.91. The topological polar surface area (TPSA) is 41.6 Å². The second kappa shape index (κ2) is 4.82. The summed E-state index contributed by atoms with van der Waals surface area (Å²) in [6, 6.07) is 9.76. The first kappa shape index (κ1) is 10.7. The molecule has 0 atom stereocenters. The Morgan fingerprint density at radius 1 is 1.38 bits per heavy atom. The summed E-state index contributed by atoms with van der Waals surface area (Å²) in [4.78, 5) is 4.22. The molecule has 0 unspecified atom stereocenters. The number of benzene rings is 1. The molecule has 80 valence electrons. The normalized spacial score (nSPS) is 10.0. The molecule has 0 bridgehead atoms. The van der Waals surface area contributed by atoms with Crippen LogP contribution in [0, 0.1) is 11.3 Å². The summed E-state index contributed by atoms with van der Waals surface area (Å²) >= 11 is 6.07. The summed E-state index contributed by atoms with van der Waals surface area (Å²) in [7, 11) is 0. The molecule has 0 aliphatic heterocycles. The molecule has 2 aromatic rings. The zero-order chi connectivity index (χ0) is 11.4. The van der Waals surface area contributed by atoms with Crippen LogP contribution in [-0.2, 0) is 13.0 Å². The van der Waals surface area contributed by atoms with Gasteiger partial charge in [-0.2, -0.15) is 5.26 Å². The molecule has 1 aromatic carbocycles. The summed E-state index contributed by atoms with van der Waals surface area (Å²) in [6.45, 7) is 0.319. The molecule has 3 nitrogen and oxygen atoms in total. The SMILES string of the molecule is N#CCn1ccnc1Cc1ccccc1Cl. The Kier molecular flexibility index (Phi) is 3.23. The third-order valence-electron chi connectivity index (χ3n) is 2.35. The maximum absolute atomic E-state index is 8.66. The van der Waals surface area contributed by atoms with E-state index in [0.717, 1.165) is 16.4 Å². The fraction of sp³-hybridized carbons (Fsp3) is 0.167. The smallest absolute Gasteiger partial charge is 0.114 e. The number of aromatic nitrogens is 2. The zero-order valence-electron chi connectivity index (χ0n) is 8.60. The van der Waals surface area contributed by atoms with Gasteiger partial charge in [0.05, 0.1) is 6.07 Å². The van der Waals surface area contributed by atoms with E-state index in [9.17, 15) is 0 Å². The Morgan fingerprint density at radius 2 is 2.19 bits per heavy atom. The molecule has 16 heavy (non-hydrogen) atoms. The van der Waals surface area contributed by atoms with E-state index in [1.807, 2.05) is 28.8 Å². The van der Waals surface area contributed by atoms with Gasteiger partial charge in [-0.25, -0.2) is 4.98 Å². The molecule has 0 amide bonds. The van der Waals surface area contributed by atoms with Gasteiger partial charge in [0.2, 0.25) is 0 Å². The van der Waals surface area contributed by atoms with E-state index in [0.29, 0.717) is 13.0 Å². The lowest BCUT2D eigenvalue weighted by Gasteiger charge is -2.05. The Labute approximate surface area is 98.9 Å². The third kappa shape index (κ3) is 2.23. The molecule has 0 N–H and O–H groups in total. The largest absolute Gasteiger partial charge is 0.321 e. The van der Waals surface area contributed by atoms with E-state index in [1.165, 1.54) is 0 Å². The highest BCUT2D eigenvalue weighted by atomic mass is 35.5. The molecule has 0 spiro atoms. The molecule has 1 aromatic heterocycles. The van der Waals surface area contributed by atoms with Crippen LogP contribution in [0.3, 0.4) is 0 Å². The Balaban J connectivity index is 2.24. The summed E-state index contributed by atoms with van der Waals surface area (Å²) < 4.78 is 1.82.